The number of halogens is 1. The van der Waals surface area contributed by atoms with Crippen molar-refractivity contribution in [3.05, 3.63) is 63.6 Å². The van der Waals surface area contributed by atoms with Gasteiger partial charge in [0.2, 0.25) is 0 Å². The Morgan fingerprint density at radius 3 is 2.41 bits per heavy atom. The normalized spacial score (nSPS) is 12.4. The minimum atomic E-state index is -3.77. The molecular formula is C28H36ClN2O6PS. The number of rotatable bonds is 14. The Kier molecular flexibility index (Phi) is 11.4. The molecule has 8 nitrogen and oxygen atoms in total. The summed E-state index contributed by atoms with van der Waals surface area (Å²) < 4.78 is 37.3. The molecular weight excluding hydrogens is 559 g/mol. The zero-order valence-corrected chi connectivity index (χ0v) is 25.6. The van der Waals surface area contributed by atoms with Crippen LogP contribution in [0, 0.1) is 12.8 Å². The summed E-state index contributed by atoms with van der Waals surface area (Å²) in [6.45, 7) is 12.3. The van der Waals surface area contributed by atoms with Crippen LogP contribution in [0.1, 0.15) is 61.3 Å². The van der Waals surface area contributed by atoms with Crippen LogP contribution in [0.5, 0.6) is 5.75 Å². The second-order valence-corrected chi connectivity index (χ2v) is 12.6. The Labute approximate surface area is 239 Å². The summed E-state index contributed by atoms with van der Waals surface area (Å²) >= 11 is 7.50. The maximum Gasteiger partial charge on any atom is 0.357 e. The number of ether oxygens (including phenoxy) is 2. The van der Waals surface area contributed by atoms with E-state index < -0.39 is 19.3 Å². The van der Waals surface area contributed by atoms with Crippen molar-refractivity contribution in [3.8, 4) is 16.3 Å². The zero-order chi connectivity index (χ0) is 28.6. The number of thiazole rings is 1. The highest BCUT2D eigenvalue weighted by molar-refractivity contribution is 7.54. The molecule has 39 heavy (non-hydrogen) atoms. The number of aromatic nitrogens is 1. The molecule has 0 saturated carbocycles. The Bertz CT molecular complexity index is 1300. The first-order valence-corrected chi connectivity index (χ1v) is 15.7. The molecule has 3 aromatic rings. The quantitative estimate of drug-likeness (QED) is 0.147. The van der Waals surface area contributed by atoms with Crippen LogP contribution in [-0.4, -0.2) is 37.4 Å². The number of nitrogens with one attached hydrogen (secondary N) is 1. The first-order valence-electron chi connectivity index (χ1n) is 12.9. The minimum absolute atomic E-state index is 0.182. The van der Waals surface area contributed by atoms with E-state index in [1.165, 1.54) is 11.3 Å². The third kappa shape index (κ3) is 8.05. The number of anilines is 1. The summed E-state index contributed by atoms with van der Waals surface area (Å²) in [5.41, 5.74) is 2.52. The molecule has 1 N–H and O–H groups in total. The second-order valence-electron chi connectivity index (χ2n) is 9.04. The average molecular weight is 595 g/mol. The molecule has 0 amide bonds. The van der Waals surface area contributed by atoms with Crippen LogP contribution < -0.4 is 10.1 Å². The zero-order valence-electron chi connectivity index (χ0n) is 23.2. The van der Waals surface area contributed by atoms with Gasteiger partial charge in [-0.1, -0.05) is 31.5 Å². The van der Waals surface area contributed by atoms with E-state index in [-0.39, 0.29) is 25.7 Å². The number of hydrogen-bond acceptors (Lipinski definition) is 9. The van der Waals surface area contributed by atoms with E-state index in [0.717, 1.165) is 5.56 Å². The fraction of sp³-hybridized carbons (Fsp3) is 0.429. The predicted molar refractivity (Wildman–Crippen MR) is 157 cm³/mol. The van der Waals surface area contributed by atoms with Gasteiger partial charge in [-0.05, 0) is 70.0 Å². The number of aryl methyl sites for hydroxylation is 1. The van der Waals surface area contributed by atoms with Crippen LogP contribution in [0.25, 0.3) is 10.6 Å². The van der Waals surface area contributed by atoms with Gasteiger partial charge in [0.1, 0.15) is 15.6 Å². The number of nitrogens with zero attached hydrogens (tertiary/aromatic N) is 1. The SMILES string of the molecule is CCOC(=O)c1sc(-c2ccc(OCC(C)C)c(C(Nc3cccc(Cl)c3)P(=O)(OCC)OCC)c2)nc1C. The van der Waals surface area contributed by atoms with Gasteiger partial charge < -0.3 is 23.8 Å². The summed E-state index contributed by atoms with van der Waals surface area (Å²) in [7, 11) is -3.77. The number of benzene rings is 2. The van der Waals surface area contributed by atoms with Gasteiger partial charge in [0.25, 0.3) is 0 Å². The van der Waals surface area contributed by atoms with E-state index in [9.17, 15) is 9.36 Å². The third-order valence-electron chi connectivity index (χ3n) is 5.44. The van der Waals surface area contributed by atoms with Gasteiger partial charge in [-0.3, -0.25) is 4.57 Å². The molecule has 1 heterocycles. The molecule has 1 unspecified atom stereocenters. The van der Waals surface area contributed by atoms with E-state index in [1.807, 2.05) is 24.3 Å². The van der Waals surface area contributed by atoms with Gasteiger partial charge in [0, 0.05) is 21.8 Å². The number of carbonyl (C=O) groups excluding carboxylic acids is 1. The highest BCUT2D eigenvalue weighted by Crippen LogP contribution is 2.62. The lowest BCUT2D eigenvalue weighted by Gasteiger charge is -2.30. The van der Waals surface area contributed by atoms with Crippen LogP contribution in [-0.2, 0) is 18.3 Å². The molecule has 0 radical (unpaired) electrons. The molecule has 212 valence electrons. The summed E-state index contributed by atoms with van der Waals surface area (Å²) in [6, 6.07) is 12.7. The molecule has 0 spiro atoms. The van der Waals surface area contributed by atoms with Crippen LogP contribution in [0.3, 0.4) is 0 Å². The van der Waals surface area contributed by atoms with Crippen molar-refractivity contribution in [3.63, 3.8) is 0 Å². The Morgan fingerprint density at radius 2 is 1.79 bits per heavy atom. The Hall–Kier alpha value is -2.42. The van der Waals surface area contributed by atoms with Gasteiger partial charge in [-0.2, -0.15) is 0 Å². The van der Waals surface area contributed by atoms with E-state index in [2.05, 4.69) is 24.1 Å². The maximum atomic E-state index is 14.3. The molecule has 3 rings (SSSR count). The topological polar surface area (TPSA) is 96.0 Å². The van der Waals surface area contributed by atoms with E-state index in [1.54, 1.807) is 45.9 Å². The standard InChI is InChI=1S/C28H36ClN2O6PS/c1-7-34-28(32)25-19(6)30-27(39-25)20-13-14-24(35-17-18(4)5)23(15-20)26(38(33,36-8-2)37-9-3)31-22-12-10-11-21(29)16-22/h10-16,18,26,31H,7-9,17H2,1-6H3. The van der Waals surface area contributed by atoms with Gasteiger partial charge in [-0.15, -0.1) is 11.3 Å². The predicted octanol–water partition coefficient (Wildman–Crippen LogP) is 8.36. The first-order chi connectivity index (χ1) is 18.6. The van der Waals surface area contributed by atoms with Crippen molar-refractivity contribution in [2.45, 2.75) is 47.3 Å². The number of hydrogen-bond donors (Lipinski definition) is 1. The molecule has 0 aliphatic rings. The smallest absolute Gasteiger partial charge is 0.357 e. The van der Waals surface area contributed by atoms with Crippen LogP contribution in [0.2, 0.25) is 5.02 Å². The van der Waals surface area contributed by atoms with E-state index in [4.69, 9.17) is 30.1 Å². The van der Waals surface area contributed by atoms with Crippen LogP contribution >= 0.6 is 30.5 Å². The fourth-order valence-corrected chi connectivity index (χ4v) is 6.89. The molecule has 0 fully saturated rings. The molecule has 0 aliphatic carbocycles. The van der Waals surface area contributed by atoms with Gasteiger partial charge in [0.05, 0.1) is 32.1 Å². The summed E-state index contributed by atoms with van der Waals surface area (Å²) in [6.07, 6.45) is 0. The summed E-state index contributed by atoms with van der Waals surface area (Å²) in [4.78, 5) is 17.5. The summed E-state index contributed by atoms with van der Waals surface area (Å²) in [5, 5.41) is 4.48. The molecule has 11 heteroatoms. The second kappa shape index (κ2) is 14.3. The number of carbonyl (C=O) groups is 1. The Balaban J connectivity index is 2.20. The lowest BCUT2D eigenvalue weighted by Crippen LogP contribution is -2.17. The van der Waals surface area contributed by atoms with Crippen molar-refractivity contribution in [2.24, 2.45) is 5.92 Å². The third-order valence-corrected chi connectivity index (χ3v) is 9.14. The van der Waals surface area contributed by atoms with Crippen molar-refractivity contribution < 1.29 is 27.9 Å². The molecule has 2 aromatic carbocycles. The van der Waals surface area contributed by atoms with Crippen molar-refractivity contribution in [2.75, 3.05) is 31.7 Å². The summed E-state index contributed by atoms with van der Waals surface area (Å²) in [5.74, 6) is -0.543. The Morgan fingerprint density at radius 1 is 1.08 bits per heavy atom. The largest absolute Gasteiger partial charge is 0.493 e. The minimum Gasteiger partial charge on any atom is -0.493 e. The lowest BCUT2D eigenvalue weighted by molar-refractivity contribution is 0.0531. The van der Waals surface area contributed by atoms with Gasteiger partial charge in [0.15, 0.2) is 5.78 Å². The first kappa shape index (κ1) is 31.1. The van der Waals surface area contributed by atoms with Crippen molar-refractivity contribution >= 4 is 42.2 Å². The van der Waals surface area contributed by atoms with Gasteiger partial charge >= 0.3 is 13.6 Å². The number of esters is 1. The molecule has 0 aliphatic heterocycles. The van der Waals surface area contributed by atoms with Crippen LogP contribution in [0.15, 0.2) is 42.5 Å². The van der Waals surface area contributed by atoms with Gasteiger partial charge in [-0.25, -0.2) is 9.78 Å². The van der Waals surface area contributed by atoms with Crippen molar-refractivity contribution in [1.82, 2.24) is 4.98 Å². The monoisotopic (exact) mass is 594 g/mol. The molecule has 0 saturated heterocycles. The van der Waals surface area contributed by atoms with Crippen molar-refractivity contribution in [1.29, 1.82) is 0 Å². The molecule has 0 bridgehead atoms. The van der Waals surface area contributed by atoms with E-state index in [0.29, 0.717) is 44.2 Å². The highest BCUT2D eigenvalue weighted by Gasteiger charge is 2.39. The molecule has 1 atom stereocenters. The lowest BCUT2D eigenvalue weighted by atomic mass is 10.1. The fourth-order valence-electron chi connectivity index (χ4n) is 3.80. The van der Waals surface area contributed by atoms with Crippen LogP contribution in [0.4, 0.5) is 5.69 Å². The molecule has 1 aromatic heterocycles. The highest BCUT2D eigenvalue weighted by atomic mass is 35.5. The average Bonchev–Trinajstić information content (AvgIpc) is 3.28. The van der Waals surface area contributed by atoms with E-state index >= 15 is 0 Å². The maximum absolute atomic E-state index is 14.3.